The van der Waals surface area contributed by atoms with Crippen molar-refractivity contribution in [1.29, 1.82) is 5.26 Å². The second kappa shape index (κ2) is 9.09. The van der Waals surface area contributed by atoms with Crippen LogP contribution in [-0.2, 0) is 25.0 Å². The Morgan fingerprint density at radius 2 is 1.92 bits per heavy atom. The van der Waals surface area contributed by atoms with Gasteiger partial charge in [0.05, 0.1) is 29.8 Å². The number of nitrogens with zero attached hydrogens (tertiary/aromatic N) is 7. The Hall–Kier alpha value is -4.45. The highest BCUT2D eigenvalue weighted by molar-refractivity contribution is 5.93. The van der Waals surface area contributed by atoms with Crippen molar-refractivity contribution in [1.82, 2.24) is 24.3 Å². The number of aromatic nitrogens is 5. The van der Waals surface area contributed by atoms with Crippen LogP contribution in [0.4, 0.5) is 32.2 Å². The van der Waals surface area contributed by atoms with Gasteiger partial charge in [0.1, 0.15) is 35.5 Å². The van der Waals surface area contributed by atoms with Crippen molar-refractivity contribution in [2.24, 2.45) is 14.1 Å². The molecule has 202 valence electrons. The van der Waals surface area contributed by atoms with E-state index in [9.17, 15) is 26.7 Å². The van der Waals surface area contributed by atoms with Gasteiger partial charge in [0, 0.05) is 31.4 Å². The number of alkyl halides is 5. The lowest BCUT2D eigenvalue weighted by atomic mass is 10.0. The fourth-order valence-electron chi connectivity index (χ4n) is 4.36. The number of hydrogen-bond donors (Lipinski definition) is 0. The molecule has 4 heterocycles. The molecule has 0 aliphatic carbocycles. The van der Waals surface area contributed by atoms with Crippen LogP contribution in [0.3, 0.4) is 0 Å². The number of anilines is 1. The molecular formula is C24H17F6N7O2. The number of aryl methyl sites for hydroxylation is 1. The molecule has 0 radical (unpaired) electrons. The minimum Gasteiger partial charge on any atom is -0.345 e. The maximum Gasteiger partial charge on any atom is 0.449 e. The zero-order valence-corrected chi connectivity index (χ0v) is 20.2. The van der Waals surface area contributed by atoms with Gasteiger partial charge < -0.3 is 9.64 Å². The average Bonchev–Trinajstić information content (AvgIpc) is 3.30. The molecule has 0 unspecified atom stereocenters. The van der Waals surface area contributed by atoms with Crippen molar-refractivity contribution < 1.29 is 31.1 Å². The maximum atomic E-state index is 15.1. The summed E-state index contributed by atoms with van der Waals surface area (Å²) >= 11 is 0. The van der Waals surface area contributed by atoms with E-state index >= 15 is 4.39 Å². The van der Waals surface area contributed by atoms with Gasteiger partial charge in [-0.3, -0.25) is 14.0 Å². The summed E-state index contributed by atoms with van der Waals surface area (Å²) in [6, 6.07) is 5.90. The molecule has 0 amide bonds. The number of halogens is 6. The van der Waals surface area contributed by atoms with Gasteiger partial charge in [0.15, 0.2) is 0 Å². The van der Waals surface area contributed by atoms with Crippen LogP contribution in [0.1, 0.15) is 23.1 Å². The molecule has 0 spiro atoms. The SMILES string of the molecule is Cn1cc([C@H]2CN(c3cc4c(=O)n(C)c(C(F)(F)F)nc4c(-c4ccc(C#N)cc4F)n3)CC(F)(F)O2)cn1. The third kappa shape index (κ3) is 4.78. The first-order valence-electron chi connectivity index (χ1n) is 11.3. The first-order valence-corrected chi connectivity index (χ1v) is 11.3. The molecule has 0 saturated carbocycles. The van der Waals surface area contributed by atoms with Crippen molar-refractivity contribution in [3.8, 4) is 17.3 Å². The monoisotopic (exact) mass is 549 g/mol. The van der Waals surface area contributed by atoms with Crippen molar-refractivity contribution in [2.75, 3.05) is 18.0 Å². The number of ether oxygens (including phenoxy) is 1. The van der Waals surface area contributed by atoms with Crippen molar-refractivity contribution >= 4 is 16.7 Å². The second-order valence-corrected chi connectivity index (χ2v) is 8.90. The van der Waals surface area contributed by atoms with E-state index in [4.69, 9.17) is 10.00 Å². The standard InChI is InChI=1S/C24H17F6N7O2/c1-35-9-13(8-32-35)17-10-37(11-23(26,27)39-17)18-6-15-20(34-22(24(28,29)30)36(2)21(15)38)19(33-18)14-4-3-12(7-31)5-16(14)25/h3-6,8-9,17H,10-11H2,1-2H3/t17-/m1/s1. The number of hydrogen-bond acceptors (Lipinski definition) is 7. The van der Waals surface area contributed by atoms with Crippen LogP contribution in [0, 0.1) is 17.1 Å². The zero-order valence-electron chi connectivity index (χ0n) is 20.2. The molecule has 5 rings (SSSR count). The largest absolute Gasteiger partial charge is 0.449 e. The van der Waals surface area contributed by atoms with E-state index in [0.29, 0.717) is 5.56 Å². The lowest BCUT2D eigenvalue weighted by Gasteiger charge is -2.38. The molecule has 1 aromatic carbocycles. The molecule has 1 aliphatic heterocycles. The molecule has 1 fully saturated rings. The van der Waals surface area contributed by atoms with E-state index in [1.807, 2.05) is 0 Å². The quantitative estimate of drug-likeness (QED) is 0.357. The number of morpholine rings is 1. The Morgan fingerprint density at radius 3 is 2.54 bits per heavy atom. The average molecular weight is 549 g/mol. The van der Waals surface area contributed by atoms with E-state index < -0.39 is 58.7 Å². The molecule has 0 N–H and O–H groups in total. The Kier molecular flexibility index (Phi) is 6.10. The summed E-state index contributed by atoms with van der Waals surface area (Å²) in [4.78, 5) is 22.0. The smallest absolute Gasteiger partial charge is 0.345 e. The van der Waals surface area contributed by atoms with Crippen LogP contribution in [0.5, 0.6) is 0 Å². The molecule has 39 heavy (non-hydrogen) atoms. The molecule has 4 aromatic rings. The predicted octanol–water partition coefficient (Wildman–Crippen LogP) is 3.93. The van der Waals surface area contributed by atoms with Gasteiger partial charge in [-0.25, -0.2) is 14.4 Å². The van der Waals surface area contributed by atoms with Crippen LogP contribution in [0.15, 0.2) is 41.5 Å². The van der Waals surface area contributed by atoms with E-state index in [1.165, 1.54) is 23.1 Å². The van der Waals surface area contributed by atoms with Gasteiger partial charge >= 0.3 is 12.3 Å². The molecule has 1 atom stereocenters. The first-order chi connectivity index (χ1) is 18.3. The second-order valence-electron chi connectivity index (χ2n) is 8.90. The lowest BCUT2D eigenvalue weighted by molar-refractivity contribution is -0.269. The maximum absolute atomic E-state index is 15.1. The molecule has 0 bridgehead atoms. The number of benzene rings is 1. The third-order valence-corrected chi connectivity index (χ3v) is 6.15. The molecule has 1 aliphatic rings. The predicted molar refractivity (Wildman–Crippen MR) is 124 cm³/mol. The lowest BCUT2D eigenvalue weighted by Crippen LogP contribution is -2.48. The van der Waals surface area contributed by atoms with Gasteiger partial charge in [-0.1, -0.05) is 0 Å². The normalized spacial score (nSPS) is 17.4. The minimum atomic E-state index is -5.04. The Bertz CT molecular complexity index is 1710. The highest BCUT2D eigenvalue weighted by Gasteiger charge is 2.43. The topological polar surface area (TPSA) is 102 Å². The van der Waals surface area contributed by atoms with Crippen LogP contribution in [0.25, 0.3) is 22.2 Å². The summed E-state index contributed by atoms with van der Waals surface area (Å²) in [6.07, 6.45) is -7.08. The highest BCUT2D eigenvalue weighted by atomic mass is 19.4. The van der Waals surface area contributed by atoms with Gasteiger partial charge in [0.25, 0.3) is 5.56 Å². The summed E-state index contributed by atoms with van der Waals surface area (Å²) in [5, 5.41) is 12.6. The molecule has 3 aromatic heterocycles. The Labute approximate surface area is 215 Å². The van der Waals surface area contributed by atoms with Crippen molar-refractivity contribution in [3.05, 3.63) is 69.8 Å². The van der Waals surface area contributed by atoms with Crippen LogP contribution in [-0.4, -0.2) is 43.5 Å². The minimum absolute atomic E-state index is 0.0799. The number of nitriles is 1. The van der Waals surface area contributed by atoms with Crippen LogP contribution < -0.4 is 10.5 Å². The molecule has 9 nitrogen and oxygen atoms in total. The van der Waals surface area contributed by atoms with Crippen LogP contribution >= 0.6 is 0 Å². The summed E-state index contributed by atoms with van der Waals surface area (Å²) in [6.45, 7) is -1.20. The number of pyridine rings is 1. The van der Waals surface area contributed by atoms with Crippen molar-refractivity contribution in [2.45, 2.75) is 18.4 Å². The number of rotatable bonds is 3. The number of fused-ring (bicyclic) bond motifs is 1. The van der Waals surface area contributed by atoms with E-state index in [1.54, 1.807) is 13.1 Å². The fraction of sp³-hybridized carbons (Fsp3) is 0.292. The summed E-state index contributed by atoms with van der Waals surface area (Å²) < 4.78 is 92.0. The molecule has 15 heteroatoms. The van der Waals surface area contributed by atoms with Gasteiger partial charge in [-0.2, -0.15) is 32.3 Å². The van der Waals surface area contributed by atoms with E-state index in [0.717, 1.165) is 30.1 Å². The van der Waals surface area contributed by atoms with E-state index in [2.05, 4.69) is 15.1 Å². The van der Waals surface area contributed by atoms with Gasteiger partial charge in [0.2, 0.25) is 5.82 Å². The van der Waals surface area contributed by atoms with Gasteiger partial charge in [-0.05, 0) is 24.3 Å². The third-order valence-electron chi connectivity index (χ3n) is 6.15. The van der Waals surface area contributed by atoms with Crippen molar-refractivity contribution in [3.63, 3.8) is 0 Å². The van der Waals surface area contributed by atoms with Crippen LogP contribution in [0.2, 0.25) is 0 Å². The summed E-state index contributed by atoms with van der Waals surface area (Å²) in [7, 11) is 2.45. The zero-order chi connectivity index (χ0) is 28.3. The molecule has 1 saturated heterocycles. The first kappa shape index (κ1) is 26.2. The molecular weight excluding hydrogens is 532 g/mol. The van der Waals surface area contributed by atoms with Gasteiger partial charge in [-0.15, -0.1) is 0 Å². The van der Waals surface area contributed by atoms with E-state index in [-0.39, 0.29) is 28.1 Å². The summed E-state index contributed by atoms with van der Waals surface area (Å²) in [5.74, 6) is -2.83. The summed E-state index contributed by atoms with van der Waals surface area (Å²) in [5.41, 5.74) is -2.34. The Balaban J connectivity index is 1.75. The fourth-order valence-corrected chi connectivity index (χ4v) is 4.36. The Morgan fingerprint density at radius 1 is 1.18 bits per heavy atom. The highest BCUT2D eigenvalue weighted by Crippen LogP contribution is 2.38.